The molecule has 0 bridgehead atoms. The molecule has 0 aromatic carbocycles. The molecule has 3 heterocycles. The van der Waals surface area contributed by atoms with Crippen LogP contribution in [0.3, 0.4) is 0 Å². The normalized spacial score (nSPS) is 30.7. The third-order valence-electron chi connectivity index (χ3n) is 5.22. The molecule has 2 saturated heterocycles. The molecule has 116 valence electrons. The molecular weight excluding hydrogens is 304 g/mol. The van der Waals surface area contributed by atoms with Crippen molar-refractivity contribution in [1.29, 1.82) is 0 Å². The molecule has 1 aliphatic carbocycles. The molecule has 0 saturated carbocycles. The van der Waals surface area contributed by atoms with Crippen molar-refractivity contribution in [2.24, 2.45) is 17.8 Å². The first-order valence-corrected chi connectivity index (χ1v) is 8.64. The molecule has 3 atom stereocenters. The van der Waals surface area contributed by atoms with Crippen LogP contribution in [0.2, 0.25) is 0 Å². The fraction of sp³-hybridized carbons (Fsp3) is 0.688. The Morgan fingerprint density at radius 3 is 2.76 bits per heavy atom. The van der Waals surface area contributed by atoms with Crippen molar-refractivity contribution in [3.05, 3.63) is 21.4 Å². The molecule has 3 aliphatic rings. The number of nitrogens with zero attached hydrogens (tertiary/aromatic N) is 1. The predicted molar refractivity (Wildman–Crippen MR) is 88.5 cm³/mol. The lowest BCUT2D eigenvalue weighted by atomic mass is 9.90. The van der Waals surface area contributed by atoms with Crippen LogP contribution in [0.25, 0.3) is 0 Å². The number of fused-ring (bicyclic) bond motifs is 2. The van der Waals surface area contributed by atoms with Gasteiger partial charge in [-0.3, -0.25) is 4.79 Å². The largest absolute Gasteiger partial charge is 0.337 e. The van der Waals surface area contributed by atoms with Gasteiger partial charge in [0.15, 0.2) is 0 Å². The minimum Gasteiger partial charge on any atom is -0.337 e. The van der Waals surface area contributed by atoms with E-state index in [1.165, 1.54) is 23.3 Å². The second-order valence-corrected chi connectivity index (χ2v) is 7.93. The van der Waals surface area contributed by atoms with Crippen molar-refractivity contribution in [1.82, 2.24) is 10.2 Å². The zero-order chi connectivity index (χ0) is 13.7. The Kier molecular flexibility index (Phi) is 4.30. The van der Waals surface area contributed by atoms with E-state index in [9.17, 15) is 4.79 Å². The van der Waals surface area contributed by atoms with Gasteiger partial charge in [-0.25, -0.2) is 0 Å². The van der Waals surface area contributed by atoms with Gasteiger partial charge in [-0.1, -0.05) is 6.92 Å². The van der Waals surface area contributed by atoms with E-state index in [1.54, 1.807) is 11.3 Å². The molecule has 1 amide bonds. The summed E-state index contributed by atoms with van der Waals surface area (Å²) in [5.74, 6) is 2.44. The molecule has 3 nitrogen and oxygen atoms in total. The van der Waals surface area contributed by atoms with E-state index in [1.807, 2.05) is 0 Å². The average molecular weight is 327 g/mol. The number of thiophene rings is 1. The molecule has 2 fully saturated rings. The van der Waals surface area contributed by atoms with Gasteiger partial charge >= 0.3 is 0 Å². The van der Waals surface area contributed by atoms with E-state index in [4.69, 9.17) is 0 Å². The molecular formula is C16H23ClN2OS. The maximum absolute atomic E-state index is 12.7. The molecule has 0 radical (unpaired) electrons. The van der Waals surface area contributed by atoms with Gasteiger partial charge in [0, 0.05) is 31.1 Å². The average Bonchev–Trinajstić information content (AvgIpc) is 3.10. The van der Waals surface area contributed by atoms with Crippen molar-refractivity contribution in [2.75, 3.05) is 26.2 Å². The number of hydrogen-bond acceptors (Lipinski definition) is 3. The molecule has 21 heavy (non-hydrogen) atoms. The molecule has 4 rings (SSSR count). The van der Waals surface area contributed by atoms with Crippen molar-refractivity contribution in [2.45, 2.75) is 26.2 Å². The first kappa shape index (κ1) is 15.3. The van der Waals surface area contributed by atoms with Gasteiger partial charge in [-0.15, -0.1) is 23.7 Å². The van der Waals surface area contributed by atoms with Crippen LogP contribution in [0.4, 0.5) is 0 Å². The van der Waals surface area contributed by atoms with E-state index in [2.05, 4.69) is 23.2 Å². The smallest absolute Gasteiger partial charge is 0.263 e. The first-order valence-electron chi connectivity index (χ1n) is 7.82. The highest BCUT2D eigenvalue weighted by atomic mass is 35.5. The van der Waals surface area contributed by atoms with Crippen LogP contribution >= 0.6 is 23.7 Å². The highest BCUT2D eigenvalue weighted by Gasteiger charge is 2.38. The van der Waals surface area contributed by atoms with Crippen LogP contribution in [0.1, 0.15) is 33.5 Å². The SMILES string of the molecule is CC1CCc2sc(C(=O)N3C[C@H]4CNC[C@H]4C3)cc2C1.Cl. The number of aryl methyl sites for hydroxylation is 1. The summed E-state index contributed by atoms with van der Waals surface area (Å²) in [6, 6.07) is 2.18. The molecule has 1 unspecified atom stereocenters. The Balaban J connectivity index is 0.00000132. The van der Waals surface area contributed by atoms with Crippen molar-refractivity contribution in [3.8, 4) is 0 Å². The minimum absolute atomic E-state index is 0. The van der Waals surface area contributed by atoms with Gasteiger partial charge in [0.2, 0.25) is 0 Å². The first-order chi connectivity index (χ1) is 9.70. The Hall–Kier alpha value is -0.580. The number of nitrogens with one attached hydrogen (secondary N) is 1. The van der Waals surface area contributed by atoms with Crippen LogP contribution < -0.4 is 5.32 Å². The number of amides is 1. The van der Waals surface area contributed by atoms with Gasteiger partial charge in [0.05, 0.1) is 4.88 Å². The number of halogens is 1. The fourth-order valence-electron chi connectivity index (χ4n) is 3.99. The summed E-state index contributed by atoms with van der Waals surface area (Å²) in [6.45, 7) is 6.40. The van der Waals surface area contributed by atoms with Gasteiger partial charge in [0.1, 0.15) is 0 Å². The second-order valence-electron chi connectivity index (χ2n) is 6.80. The van der Waals surface area contributed by atoms with E-state index in [-0.39, 0.29) is 18.3 Å². The van der Waals surface area contributed by atoms with E-state index < -0.39 is 0 Å². The van der Waals surface area contributed by atoms with Gasteiger partial charge in [-0.2, -0.15) is 0 Å². The summed E-state index contributed by atoms with van der Waals surface area (Å²) in [4.78, 5) is 17.2. The van der Waals surface area contributed by atoms with E-state index in [0.29, 0.717) is 11.8 Å². The summed E-state index contributed by atoms with van der Waals surface area (Å²) in [7, 11) is 0. The number of likely N-dealkylation sites (tertiary alicyclic amines) is 1. The highest BCUT2D eigenvalue weighted by Crippen LogP contribution is 2.34. The topological polar surface area (TPSA) is 32.3 Å². The molecule has 1 aromatic rings. The summed E-state index contributed by atoms with van der Waals surface area (Å²) in [5, 5.41) is 3.43. The summed E-state index contributed by atoms with van der Waals surface area (Å²) in [5.41, 5.74) is 1.44. The fourth-order valence-corrected chi connectivity index (χ4v) is 5.16. The number of rotatable bonds is 1. The Labute approximate surface area is 136 Å². The molecule has 0 spiro atoms. The second kappa shape index (κ2) is 5.90. The van der Waals surface area contributed by atoms with Gasteiger partial charge in [0.25, 0.3) is 5.91 Å². The Morgan fingerprint density at radius 1 is 1.33 bits per heavy atom. The quantitative estimate of drug-likeness (QED) is 0.860. The number of carbonyl (C=O) groups is 1. The lowest BCUT2D eigenvalue weighted by Gasteiger charge is -2.16. The zero-order valence-electron chi connectivity index (χ0n) is 12.4. The third kappa shape index (κ3) is 2.73. The molecule has 1 aromatic heterocycles. The van der Waals surface area contributed by atoms with Crippen LogP contribution in [0, 0.1) is 17.8 Å². The van der Waals surface area contributed by atoms with Crippen LogP contribution in [0.15, 0.2) is 6.07 Å². The summed E-state index contributed by atoms with van der Waals surface area (Å²) >= 11 is 1.75. The Morgan fingerprint density at radius 2 is 2.05 bits per heavy atom. The van der Waals surface area contributed by atoms with Crippen LogP contribution in [-0.4, -0.2) is 37.0 Å². The number of hydrogen-bond donors (Lipinski definition) is 1. The minimum atomic E-state index is 0. The summed E-state index contributed by atoms with van der Waals surface area (Å²) < 4.78 is 0. The highest BCUT2D eigenvalue weighted by molar-refractivity contribution is 7.14. The monoisotopic (exact) mass is 326 g/mol. The van der Waals surface area contributed by atoms with Crippen molar-refractivity contribution >= 4 is 29.7 Å². The standard InChI is InChI=1S/C16H22N2OS.ClH/c1-10-2-3-14-11(4-10)5-15(20-14)16(19)18-8-12-6-17-7-13(12)9-18;/h5,10,12-13,17H,2-4,6-9H2,1H3;1H/t10?,12-,13+;. The lowest BCUT2D eigenvalue weighted by Crippen LogP contribution is -2.31. The van der Waals surface area contributed by atoms with E-state index >= 15 is 0 Å². The maximum Gasteiger partial charge on any atom is 0.263 e. The Bertz CT molecular complexity index is 532. The number of carbonyl (C=O) groups excluding carboxylic acids is 1. The summed E-state index contributed by atoms with van der Waals surface area (Å²) in [6.07, 6.45) is 3.61. The molecule has 2 aliphatic heterocycles. The maximum atomic E-state index is 12.7. The third-order valence-corrected chi connectivity index (χ3v) is 6.44. The molecule has 1 N–H and O–H groups in total. The van der Waals surface area contributed by atoms with Crippen molar-refractivity contribution < 1.29 is 4.79 Å². The lowest BCUT2D eigenvalue weighted by molar-refractivity contribution is 0.0786. The van der Waals surface area contributed by atoms with E-state index in [0.717, 1.165) is 43.4 Å². The van der Waals surface area contributed by atoms with Gasteiger partial charge in [-0.05, 0) is 48.6 Å². The zero-order valence-corrected chi connectivity index (χ0v) is 14.1. The predicted octanol–water partition coefficient (Wildman–Crippen LogP) is 2.59. The van der Waals surface area contributed by atoms with Crippen LogP contribution in [0.5, 0.6) is 0 Å². The molecule has 5 heteroatoms. The van der Waals surface area contributed by atoms with Crippen molar-refractivity contribution in [3.63, 3.8) is 0 Å². The van der Waals surface area contributed by atoms with Gasteiger partial charge < -0.3 is 10.2 Å². The van der Waals surface area contributed by atoms with Crippen LogP contribution in [-0.2, 0) is 12.8 Å².